The third kappa shape index (κ3) is 1.48. The van der Waals surface area contributed by atoms with Gasteiger partial charge in [0.05, 0.1) is 11.3 Å². The summed E-state index contributed by atoms with van der Waals surface area (Å²) in [5.74, 6) is 0. The Balaban J connectivity index is 2.29. The molecular formula is C6H10N4O2S2. The molecule has 0 atom stereocenters. The monoisotopic (exact) mass is 234 g/mol. The van der Waals surface area contributed by atoms with Crippen LogP contribution in [0.2, 0.25) is 0 Å². The standard InChI is InChI=1S/C6H10N4O2S2/c1-14(11,12)6(2-3-6)4-10-5(13)7-8-9-10/h2-4H2,1H3,(H,7,9,13). The second kappa shape index (κ2) is 2.86. The first-order valence-corrected chi connectivity index (χ1v) is 6.42. The summed E-state index contributed by atoms with van der Waals surface area (Å²) in [6.07, 6.45) is 2.63. The van der Waals surface area contributed by atoms with Gasteiger partial charge in [0.1, 0.15) is 0 Å². The highest BCUT2D eigenvalue weighted by atomic mass is 32.2. The van der Waals surface area contributed by atoms with E-state index in [-0.39, 0.29) is 0 Å². The molecule has 1 aromatic rings. The van der Waals surface area contributed by atoms with Gasteiger partial charge >= 0.3 is 0 Å². The maximum absolute atomic E-state index is 11.5. The molecule has 0 aliphatic heterocycles. The summed E-state index contributed by atoms with van der Waals surface area (Å²) in [4.78, 5) is 0. The minimum atomic E-state index is -3.03. The Labute approximate surface area is 86.2 Å². The molecule has 1 aliphatic rings. The van der Waals surface area contributed by atoms with Gasteiger partial charge in [-0.25, -0.2) is 13.1 Å². The molecule has 14 heavy (non-hydrogen) atoms. The zero-order valence-electron chi connectivity index (χ0n) is 7.60. The van der Waals surface area contributed by atoms with Gasteiger partial charge in [-0.3, -0.25) is 0 Å². The van der Waals surface area contributed by atoms with E-state index in [1.807, 2.05) is 0 Å². The normalized spacial score (nSPS) is 19.5. The number of aromatic amines is 1. The Morgan fingerprint density at radius 3 is 2.64 bits per heavy atom. The molecule has 78 valence electrons. The fraction of sp³-hybridized carbons (Fsp3) is 0.833. The highest BCUT2D eigenvalue weighted by molar-refractivity contribution is 7.92. The molecule has 0 unspecified atom stereocenters. The SMILES string of the molecule is CS(=O)(=O)C1(Cn2[nH]nnc2=S)CC1. The van der Waals surface area contributed by atoms with Crippen LogP contribution in [0.5, 0.6) is 0 Å². The van der Waals surface area contributed by atoms with E-state index in [1.165, 1.54) is 10.9 Å². The molecule has 0 aromatic carbocycles. The summed E-state index contributed by atoms with van der Waals surface area (Å²) in [7, 11) is -3.03. The predicted octanol–water partition coefficient (Wildman–Crippen LogP) is -0.0871. The van der Waals surface area contributed by atoms with Gasteiger partial charge in [-0.2, -0.15) is 5.21 Å². The lowest BCUT2D eigenvalue weighted by Gasteiger charge is -2.11. The van der Waals surface area contributed by atoms with Crippen LogP contribution in [-0.4, -0.2) is 39.6 Å². The molecule has 1 heterocycles. The summed E-state index contributed by atoms with van der Waals surface area (Å²) >= 11 is 4.87. The molecule has 0 saturated heterocycles. The Morgan fingerprint density at radius 2 is 2.29 bits per heavy atom. The number of H-pyrrole nitrogens is 1. The quantitative estimate of drug-likeness (QED) is 0.739. The van der Waals surface area contributed by atoms with Crippen LogP contribution in [0.4, 0.5) is 0 Å². The van der Waals surface area contributed by atoms with Crippen LogP contribution >= 0.6 is 12.2 Å². The van der Waals surface area contributed by atoms with E-state index in [9.17, 15) is 8.42 Å². The van der Waals surface area contributed by atoms with Gasteiger partial charge in [-0.1, -0.05) is 10.3 Å². The van der Waals surface area contributed by atoms with Gasteiger partial charge in [-0.05, 0) is 25.1 Å². The average molecular weight is 234 g/mol. The van der Waals surface area contributed by atoms with Crippen molar-refractivity contribution in [3.05, 3.63) is 4.77 Å². The maximum atomic E-state index is 11.5. The molecule has 0 amide bonds. The Kier molecular flexibility index (Phi) is 2.00. The van der Waals surface area contributed by atoms with E-state index >= 15 is 0 Å². The summed E-state index contributed by atoms with van der Waals surface area (Å²) in [5.41, 5.74) is 0. The van der Waals surface area contributed by atoms with Gasteiger partial charge in [-0.15, -0.1) is 0 Å². The average Bonchev–Trinajstić information content (AvgIpc) is 2.73. The van der Waals surface area contributed by atoms with Crippen molar-refractivity contribution >= 4 is 22.1 Å². The smallest absolute Gasteiger partial charge is 0.238 e. The molecular weight excluding hydrogens is 224 g/mol. The van der Waals surface area contributed by atoms with Gasteiger partial charge in [0.25, 0.3) is 0 Å². The molecule has 0 spiro atoms. The first-order chi connectivity index (χ1) is 6.45. The van der Waals surface area contributed by atoms with Crippen LogP contribution in [-0.2, 0) is 16.4 Å². The second-order valence-corrected chi connectivity index (χ2v) is 6.40. The summed E-state index contributed by atoms with van der Waals surface area (Å²) in [6, 6.07) is 0. The van der Waals surface area contributed by atoms with Crippen LogP contribution in [0.1, 0.15) is 12.8 Å². The number of hydrogen-bond donors (Lipinski definition) is 1. The van der Waals surface area contributed by atoms with E-state index in [4.69, 9.17) is 12.2 Å². The van der Waals surface area contributed by atoms with Crippen molar-refractivity contribution in [2.45, 2.75) is 24.1 Å². The van der Waals surface area contributed by atoms with E-state index in [0.717, 1.165) is 0 Å². The van der Waals surface area contributed by atoms with Gasteiger partial charge in [0, 0.05) is 6.26 Å². The Bertz CT molecular complexity index is 496. The molecule has 1 aromatic heterocycles. The zero-order valence-corrected chi connectivity index (χ0v) is 9.23. The molecule has 2 rings (SSSR count). The van der Waals surface area contributed by atoms with E-state index in [1.54, 1.807) is 0 Å². The maximum Gasteiger partial charge on any atom is 0.238 e. The number of nitrogens with zero attached hydrogens (tertiary/aromatic N) is 3. The summed E-state index contributed by atoms with van der Waals surface area (Å²) < 4.78 is 24.0. The highest BCUT2D eigenvalue weighted by Gasteiger charge is 2.52. The lowest BCUT2D eigenvalue weighted by atomic mass is 10.4. The Hall–Kier alpha value is -0.760. The number of tetrazole rings is 1. The van der Waals surface area contributed by atoms with Crippen LogP contribution in [0.3, 0.4) is 0 Å². The number of nitrogens with one attached hydrogen (secondary N) is 1. The lowest BCUT2D eigenvalue weighted by molar-refractivity contribution is 0.520. The zero-order chi connectivity index (χ0) is 10.4. The lowest BCUT2D eigenvalue weighted by Crippen LogP contribution is -2.28. The van der Waals surface area contributed by atoms with Crippen molar-refractivity contribution in [1.82, 2.24) is 20.2 Å². The third-order valence-corrected chi connectivity index (χ3v) is 4.98. The van der Waals surface area contributed by atoms with Crippen molar-refractivity contribution in [3.63, 3.8) is 0 Å². The van der Waals surface area contributed by atoms with Crippen LogP contribution in [0, 0.1) is 4.77 Å². The molecule has 1 N–H and O–H groups in total. The molecule has 0 radical (unpaired) electrons. The first-order valence-electron chi connectivity index (χ1n) is 4.12. The minimum Gasteiger partial charge on any atom is -0.241 e. The molecule has 1 aliphatic carbocycles. The number of aromatic nitrogens is 4. The fourth-order valence-electron chi connectivity index (χ4n) is 1.39. The van der Waals surface area contributed by atoms with Crippen LogP contribution < -0.4 is 0 Å². The molecule has 6 nitrogen and oxygen atoms in total. The first kappa shape index (κ1) is 9.78. The minimum absolute atomic E-state index is 0.292. The highest BCUT2D eigenvalue weighted by Crippen LogP contribution is 2.44. The van der Waals surface area contributed by atoms with E-state index in [2.05, 4.69) is 15.5 Å². The predicted molar refractivity (Wildman–Crippen MR) is 52.0 cm³/mol. The van der Waals surface area contributed by atoms with Gasteiger partial charge in [0.2, 0.25) is 4.77 Å². The number of rotatable bonds is 3. The van der Waals surface area contributed by atoms with Crippen molar-refractivity contribution in [2.24, 2.45) is 0 Å². The van der Waals surface area contributed by atoms with Crippen LogP contribution in [0.15, 0.2) is 0 Å². The van der Waals surface area contributed by atoms with Crippen LogP contribution in [0.25, 0.3) is 0 Å². The van der Waals surface area contributed by atoms with Gasteiger partial charge in [0.15, 0.2) is 9.84 Å². The topological polar surface area (TPSA) is 80.6 Å². The third-order valence-electron chi connectivity index (χ3n) is 2.57. The molecule has 8 heteroatoms. The molecule has 1 saturated carbocycles. The van der Waals surface area contributed by atoms with E-state index in [0.29, 0.717) is 24.2 Å². The van der Waals surface area contributed by atoms with Crippen molar-refractivity contribution in [1.29, 1.82) is 0 Å². The second-order valence-electron chi connectivity index (χ2n) is 3.62. The molecule has 1 fully saturated rings. The van der Waals surface area contributed by atoms with Crippen molar-refractivity contribution in [2.75, 3.05) is 6.26 Å². The van der Waals surface area contributed by atoms with Crippen molar-refractivity contribution < 1.29 is 8.42 Å². The summed E-state index contributed by atoms with van der Waals surface area (Å²) in [5, 5.41) is 9.65. The van der Waals surface area contributed by atoms with Crippen molar-refractivity contribution in [3.8, 4) is 0 Å². The number of hydrogen-bond acceptors (Lipinski definition) is 5. The van der Waals surface area contributed by atoms with Gasteiger partial charge < -0.3 is 0 Å². The Morgan fingerprint density at radius 1 is 1.64 bits per heavy atom. The summed E-state index contributed by atoms with van der Waals surface area (Å²) in [6.45, 7) is 0.331. The molecule has 0 bridgehead atoms. The van der Waals surface area contributed by atoms with E-state index < -0.39 is 14.6 Å². The fourth-order valence-corrected chi connectivity index (χ4v) is 2.75. The largest absolute Gasteiger partial charge is 0.241 e. The number of sulfone groups is 1.